The van der Waals surface area contributed by atoms with Crippen molar-refractivity contribution in [3.63, 3.8) is 0 Å². The van der Waals surface area contributed by atoms with E-state index in [1.807, 2.05) is 80.2 Å². The van der Waals surface area contributed by atoms with Crippen LogP contribution in [0.2, 0.25) is 0 Å². The molecular formula is C24H22N6S. The topological polar surface area (TPSA) is 58.9 Å². The second kappa shape index (κ2) is 8.28. The molecule has 1 aliphatic rings. The second-order valence-corrected chi connectivity index (χ2v) is 7.96. The minimum atomic E-state index is -0.0866. The summed E-state index contributed by atoms with van der Waals surface area (Å²) in [7, 11) is 0. The van der Waals surface area contributed by atoms with E-state index in [-0.39, 0.29) is 12.1 Å². The lowest BCUT2D eigenvalue weighted by Gasteiger charge is -2.28. The van der Waals surface area contributed by atoms with Crippen LogP contribution in [0.4, 0.5) is 0 Å². The lowest BCUT2D eigenvalue weighted by molar-refractivity contribution is 0.299. The highest BCUT2D eigenvalue weighted by Crippen LogP contribution is 2.40. The summed E-state index contributed by atoms with van der Waals surface area (Å²) in [5.41, 5.74) is 4.13. The smallest absolute Gasteiger partial charge is 0.170 e. The summed E-state index contributed by atoms with van der Waals surface area (Å²) in [6.07, 6.45) is 7.56. The molecule has 1 N–H and O–H groups in total. The molecule has 6 nitrogen and oxygen atoms in total. The predicted molar refractivity (Wildman–Crippen MR) is 124 cm³/mol. The SMILES string of the molecule is Cc1ccc(-n2cccc2[C@H]2[C@H](c3ccccn3)NC(=S)N2Cc2ccccn2)nc1. The van der Waals surface area contributed by atoms with Crippen molar-refractivity contribution in [2.24, 2.45) is 0 Å². The number of hydrogen-bond acceptors (Lipinski definition) is 4. The Morgan fingerprint density at radius 2 is 1.77 bits per heavy atom. The fourth-order valence-corrected chi connectivity index (χ4v) is 4.31. The number of pyridine rings is 3. The molecule has 31 heavy (non-hydrogen) atoms. The fourth-order valence-electron chi connectivity index (χ4n) is 4.01. The van der Waals surface area contributed by atoms with Gasteiger partial charge in [-0.2, -0.15) is 0 Å². The summed E-state index contributed by atoms with van der Waals surface area (Å²) in [5.74, 6) is 0.876. The van der Waals surface area contributed by atoms with E-state index in [1.165, 1.54) is 0 Å². The highest BCUT2D eigenvalue weighted by Gasteiger charge is 2.41. The Labute approximate surface area is 186 Å². The summed E-state index contributed by atoms with van der Waals surface area (Å²) in [6.45, 7) is 2.64. The second-order valence-electron chi connectivity index (χ2n) is 7.57. The molecule has 2 atom stereocenters. The van der Waals surface area contributed by atoms with Gasteiger partial charge in [-0.1, -0.05) is 18.2 Å². The quantitative estimate of drug-likeness (QED) is 0.484. The van der Waals surface area contributed by atoms with Gasteiger partial charge in [0.1, 0.15) is 5.82 Å². The number of rotatable bonds is 5. The van der Waals surface area contributed by atoms with Crippen LogP contribution in [0.15, 0.2) is 85.5 Å². The van der Waals surface area contributed by atoms with Crippen LogP contribution in [0.5, 0.6) is 0 Å². The summed E-state index contributed by atoms with van der Waals surface area (Å²) in [6, 6.07) is 20.1. The third-order valence-corrected chi connectivity index (χ3v) is 5.83. The van der Waals surface area contributed by atoms with Gasteiger partial charge in [0.25, 0.3) is 0 Å². The van der Waals surface area contributed by atoms with Crippen molar-refractivity contribution >= 4 is 17.3 Å². The van der Waals surface area contributed by atoms with Crippen LogP contribution in [0, 0.1) is 6.92 Å². The summed E-state index contributed by atoms with van der Waals surface area (Å²) < 4.78 is 2.13. The molecule has 1 aliphatic heterocycles. The number of aromatic nitrogens is 4. The van der Waals surface area contributed by atoms with Gasteiger partial charge in [0, 0.05) is 30.5 Å². The van der Waals surface area contributed by atoms with Crippen molar-refractivity contribution in [1.29, 1.82) is 0 Å². The summed E-state index contributed by atoms with van der Waals surface area (Å²) in [5, 5.41) is 4.19. The normalized spacial score (nSPS) is 18.2. The first-order valence-electron chi connectivity index (χ1n) is 10.2. The molecule has 5 rings (SSSR count). The summed E-state index contributed by atoms with van der Waals surface area (Å²) >= 11 is 5.78. The van der Waals surface area contributed by atoms with E-state index in [9.17, 15) is 0 Å². The van der Waals surface area contributed by atoms with E-state index in [0.717, 1.165) is 28.5 Å². The third kappa shape index (κ3) is 3.80. The van der Waals surface area contributed by atoms with Gasteiger partial charge in [0.2, 0.25) is 0 Å². The maximum absolute atomic E-state index is 5.78. The van der Waals surface area contributed by atoms with Gasteiger partial charge < -0.3 is 14.8 Å². The van der Waals surface area contributed by atoms with Gasteiger partial charge in [-0.25, -0.2) is 4.98 Å². The zero-order chi connectivity index (χ0) is 21.2. The molecule has 0 aromatic carbocycles. The molecule has 0 saturated carbocycles. The average molecular weight is 427 g/mol. The largest absolute Gasteiger partial charge is 0.352 e. The Balaban J connectivity index is 1.60. The Kier molecular flexibility index (Phi) is 5.18. The maximum atomic E-state index is 5.78. The lowest BCUT2D eigenvalue weighted by atomic mass is 10.0. The maximum Gasteiger partial charge on any atom is 0.170 e. The first-order valence-corrected chi connectivity index (χ1v) is 10.6. The fraction of sp³-hybridized carbons (Fsp3) is 0.167. The average Bonchev–Trinajstić information content (AvgIpc) is 3.40. The highest BCUT2D eigenvalue weighted by atomic mass is 32.1. The molecule has 0 aliphatic carbocycles. The molecule has 5 heterocycles. The van der Waals surface area contributed by atoms with Gasteiger partial charge in [0.15, 0.2) is 5.11 Å². The molecule has 0 spiro atoms. The minimum Gasteiger partial charge on any atom is -0.352 e. The first kappa shape index (κ1) is 19.4. The zero-order valence-corrected chi connectivity index (χ0v) is 17.9. The van der Waals surface area contributed by atoms with Gasteiger partial charge >= 0.3 is 0 Å². The van der Waals surface area contributed by atoms with Crippen LogP contribution >= 0.6 is 12.2 Å². The standard InChI is InChI=1S/C24H22N6S/c1-17-10-11-21(27-15-17)29-14-6-9-20(29)23-22(19-8-3-5-13-26-19)28-24(31)30(23)16-18-7-2-4-12-25-18/h2-15,22-23H,16H2,1H3,(H,28,31)/t22-,23-/m0/s1. The molecule has 0 bridgehead atoms. The molecule has 4 aromatic heterocycles. The highest BCUT2D eigenvalue weighted by molar-refractivity contribution is 7.80. The monoisotopic (exact) mass is 426 g/mol. The van der Waals surface area contributed by atoms with Gasteiger partial charge in [-0.3, -0.25) is 9.97 Å². The molecule has 1 fully saturated rings. The Morgan fingerprint density at radius 3 is 2.48 bits per heavy atom. The number of nitrogens with one attached hydrogen (secondary N) is 1. The minimum absolute atomic E-state index is 0.0671. The van der Waals surface area contributed by atoms with E-state index < -0.39 is 0 Å². The van der Waals surface area contributed by atoms with Crippen molar-refractivity contribution in [3.8, 4) is 5.82 Å². The molecule has 0 amide bonds. The number of aryl methyl sites for hydroxylation is 1. The lowest BCUT2D eigenvalue weighted by Crippen LogP contribution is -2.30. The molecule has 0 radical (unpaired) electrons. The van der Waals surface area contributed by atoms with Crippen LogP contribution < -0.4 is 5.32 Å². The van der Waals surface area contributed by atoms with Crippen molar-refractivity contribution in [1.82, 2.24) is 29.7 Å². The predicted octanol–water partition coefficient (Wildman–Crippen LogP) is 4.14. The van der Waals surface area contributed by atoms with Gasteiger partial charge in [0.05, 0.1) is 30.0 Å². The Hall–Kier alpha value is -3.58. The van der Waals surface area contributed by atoms with E-state index in [0.29, 0.717) is 11.7 Å². The van der Waals surface area contributed by atoms with E-state index in [2.05, 4.69) is 41.9 Å². The molecule has 7 heteroatoms. The first-order chi connectivity index (χ1) is 15.2. The summed E-state index contributed by atoms with van der Waals surface area (Å²) in [4.78, 5) is 16.0. The van der Waals surface area contributed by atoms with Crippen LogP contribution in [-0.2, 0) is 6.54 Å². The van der Waals surface area contributed by atoms with Crippen molar-refractivity contribution < 1.29 is 0 Å². The number of hydrogen-bond donors (Lipinski definition) is 1. The molecule has 4 aromatic rings. The number of thiocarbonyl (C=S) groups is 1. The van der Waals surface area contributed by atoms with E-state index in [1.54, 1.807) is 0 Å². The van der Waals surface area contributed by atoms with Crippen molar-refractivity contribution in [2.45, 2.75) is 25.6 Å². The van der Waals surface area contributed by atoms with Crippen molar-refractivity contribution in [2.75, 3.05) is 0 Å². The van der Waals surface area contributed by atoms with Crippen LogP contribution in [0.1, 0.15) is 34.7 Å². The molecule has 1 saturated heterocycles. The molecule has 154 valence electrons. The van der Waals surface area contributed by atoms with Crippen LogP contribution in [-0.4, -0.2) is 29.5 Å². The third-order valence-electron chi connectivity index (χ3n) is 5.48. The zero-order valence-electron chi connectivity index (χ0n) is 17.1. The van der Waals surface area contributed by atoms with Crippen molar-refractivity contribution in [3.05, 3.63) is 108 Å². The molecule has 0 unspecified atom stereocenters. The van der Waals surface area contributed by atoms with Crippen LogP contribution in [0.25, 0.3) is 5.82 Å². The molecular weight excluding hydrogens is 404 g/mol. The van der Waals surface area contributed by atoms with Gasteiger partial charge in [-0.15, -0.1) is 0 Å². The van der Waals surface area contributed by atoms with E-state index in [4.69, 9.17) is 12.2 Å². The number of nitrogens with zero attached hydrogens (tertiary/aromatic N) is 5. The van der Waals surface area contributed by atoms with Crippen LogP contribution in [0.3, 0.4) is 0 Å². The van der Waals surface area contributed by atoms with Gasteiger partial charge in [-0.05, 0) is 67.2 Å². The van der Waals surface area contributed by atoms with E-state index >= 15 is 0 Å². The Bertz CT molecular complexity index is 1170. The Morgan fingerprint density at radius 1 is 0.935 bits per heavy atom.